The normalized spacial score (nSPS) is 11.9. The molecule has 4 aromatic heterocycles. The lowest BCUT2D eigenvalue weighted by Crippen LogP contribution is -2.27. The summed E-state index contributed by atoms with van der Waals surface area (Å²) < 4.78 is 43.5. The Hall–Kier alpha value is -3.21. The van der Waals surface area contributed by atoms with Crippen molar-refractivity contribution in [2.75, 3.05) is 7.05 Å². The van der Waals surface area contributed by atoms with Crippen LogP contribution in [0, 0.1) is 0 Å². The Morgan fingerprint density at radius 2 is 1.97 bits per heavy atom. The van der Waals surface area contributed by atoms with E-state index < -0.39 is 17.8 Å². The van der Waals surface area contributed by atoms with E-state index in [2.05, 4.69) is 15.2 Å². The molecule has 0 radical (unpaired) electrons. The maximum Gasteiger partial charge on any atom is 0.433 e. The highest BCUT2D eigenvalue weighted by molar-refractivity contribution is 7.15. The smallest absolute Gasteiger partial charge is 0.334 e. The number of hydrogen-bond donors (Lipinski definition) is 0. The molecule has 0 saturated heterocycles. The summed E-state index contributed by atoms with van der Waals surface area (Å²) in [7, 11) is 3.30. The minimum absolute atomic E-state index is 0.0362. The Kier molecular flexibility index (Phi) is 5.29. The largest absolute Gasteiger partial charge is 0.433 e. The highest BCUT2D eigenvalue weighted by Crippen LogP contribution is 2.34. The number of halogens is 3. The molecule has 4 heterocycles. The van der Waals surface area contributed by atoms with Gasteiger partial charge in [0.2, 0.25) is 0 Å². The molecule has 4 rings (SSSR count). The fourth-order valence-corrected chi connectivity index (χ4v) is 4.08. The Labute approximate surface area is 179 Å². The summed E-state index contributed by atoms with van der Waals surface area (Å²) in [6.07, 6.45) is -2.13. The van der Waals surface area contributed by atoms with Crippen LogP contribution in [0.1, 0.15) is 33.7 Å². The van der Waals surface area contributed by atoms with Gasteiger partial charge in [-0.15, -0.1) is 11.3 Å². The van der Waals surface area contributed by atoms with Gasteiger partial charge in [0.1, 0.15) is 0 Å². The average molecular weight is 448 g/mol. The lowest BCUT2D eigenvalue weighted by molar-refractivity contribution is -0.142. The highest BCUT2D eigenvalue weighted by Gasteiger charge is 2.36. The molecule has 0 unspecified atom stereocenters. The van der Waals surface area contributed by atoms with E-state index in [9.17, 15) is 18.0 Å². The van der Waals surface area contributed by atoms with Gasteiger partial charge in [-0.3, -0.25) is 9.48 Å². The number of carbonyl (C=O) groups excluding carboxylic acids is 1. The Morgan fingerprint density at radius 1 is 1.19 bits per heavy atom. The fourth-order valence-electron chi connectivity index (χ4n) is 3.17. The number of nitrogens with zero attached hydrogens (tertiary/aromatic N) is 6. The molecule has 31 heavy (non-hydrogen) atoms. The fraction of sp³-hybridized carbons (Fsp3) is 0.300. The minimum atomic E-state index is -4.66. The zero-order valence-corrected chi connectivity index (χ0v) is 17.8. The predicted molar refractivity (Wildman–Crippen MR) is 110 cm³/mol. The molecule has 0 aromatic carbocycles. The van der Waals surface area contributed by atoms with Gasteiger partial charge < -0.3 is 4.90 Å². The molecule has 7 nitrogen and oxygen atoms in total. The van der Waals surface area contributed by atoms with Crippen molar-refractivity contribution in [3.63, 3.8) is 0 Å². The molecule has 0 atom stereocenters. The van der Waals surface area contributed by atoms with Crippen LogP contribution < -0.4 is 0 Å². The number of amides is 1. The maximum absolute atomic E-state index is 13.8. The molecule has 11 heteroatoms. The number of hydrogen-bond acceptors (Lipinski definition) is 5. The average Bonchev–Trinajstić information content (AvgIpc) is 3.44. The molecule has 4 aromatic rings. The molecule has 0 fully saturated rings. The van der Waals surface area contributed by atoms with Crippen molar-refractivity contribution < 1.29 is 18.0 Å². The third kappa shape index (κ3) is 4.18. The summed E-state index contributed by atoms with van der Waals surface area (Å²) in [5.41, 5.74) is -0.279. The SMILES string of the molecule is CCc1ccc(-c2cc(C(F)(F)F)n3nc(C(=O)N(C)Cc4ccn(C)n4)cc3n2)s1. The summed E-state index contributed by atoms with van der Waals surface area (Å²) in [5.74, 6) is -0.518. The first-order valence-corrected chi connectivity index (χ1v) is 10.3. The molecule has 0 aliphatic carbocycles. The van der Waals surface area contributed by atoms with Gasteiger partial charge >= 0.3 is 6.18 Å². The number of rotatable bonds is 5. The molecule has 0 saturated carbocycles. The van der Waals surface area contributed by atoms with Crippen molar-refractivity contribution in [2.45, 2.75) is 26.1 Å². The van der Waals surface area contributed by atoms with E-state index in [1.807, 2.05) is 13.0 Å². The number of carbonyl (C=O) groups is 1. The molecule has 1 amide bonds. The van der Waals surface area contributed by atoms with Crippen LogP contribution in [0.4, 0.5) is 13.2 Å². The molecular formula is C20H19F3N6OS. The van der Waals surface area contributed by atoms with Gasteiger partial charge in [-0.2, -0.15) is 23.4 Å². The highest BCUT2D eigenvalue weighted by atomic mass is 32.1. The molecule has 0 aliphatic heterocycles. The second-order valence-electron chi connectivity index (χ2n) is 7.09. The second-order valence-corrected chi connectivity index (χ2v) is 8.25. The molecule has 0 aliphatic rings. The van der Waals surface area contributed by atoms with Crippen LogP contribution in [0.25, 0.3) is 16.2 Å². The van der Waals surface area contributed by atoms with Gasteiger partial charge in [0.25, 0.3) is 5.91 Å². The third-order valence-electron chi connectivity index (χ3n) is 4.71. The molecule has 0 bridgehead atoms. The topological polar surface area (TPSA) is 68.3 Å². The van der Waals surface area contributed by atoms with E-state index in [4.69, 9.17) is 0 Å². The van der Waals surface area contributed by atoms with Crippen LogP contribution in [-0.2, 0) is 26.2 Å². The van der Waals surface area contributed by atoms with Gasteiger partial charge in [0.05, 0.1) is 22.8 Å². The standard InChI is InChI=1S/C20H19F3N6OS/c1-4-13-5-6-16(31-13)14-9-17(20(21,22)23)29-18(24-14)10-15(26-29)19(30)27(2)11-12-7-8-28(3)25-12/h5-10H,4,11H2,1-3H3. The van der Waals surface area contributed by atoms with Gasteiger partial charge in [-0.05, 0) is 30.7 Å². The number of alkyl halides is 3. The summed E-state index contributed by atoms with van der Waals surface area (Å²) in [5, 5.41) is 8.13. The minimum Gasteiger partial charge on any atom is -0.334 e. The summed E-state index contributed by atoms with van der Waals surface area (Å²) in [6.45, 7) is 2.18. The van der Waals surface area contributed by atoms with Crippen LogP contribution in [0.2, 0.25) is 0 Å². The van der Waals surface area contributed by atoms with Gasteiger partial charge in [-0.25, -0.2) is 9.50 Å². The monoisotopic (exact) mass is 448 g/mol. The Bertz CT molecular complexity index is 1260. The summed E-state index contributed by atoms with van der Waals surface area (Å²) in [6, 6.07) is 7.64. The number of aryl methyl sites for hydroxylation is 2. The van der Waals surface area contributed by atoms with E-state index in [1.165, 1.54) is 22.3 Å². The van der Waals surface area contributed by atoms with E-state index >= 15 is 0 Å². The van der Waals surface area contributed by atoms with Crippen molar-refractivity contribution in [1.29, 1.82) is 0 Å². The number of fused-ring (bicyclic) bond motifs is 1. The molecular weight excluding hydrogens is 429 g/mol. The first-order valence-electron chi connectivity index (χ1n) is 9.47. The van der Waals surface area contributed by atoms with Gasteiger partial charge in [0.15, 0.2) is 17.0 Å². The number of thiophene rings is 1. The lowest BCUT2D eigenvalue weighted by atomic mass is 10.2. The first-order chi connectivity index (χ1) is 14.7. The quantitative estimate of drug-likeness (QED) is 0.462. The van der Waals surface area contributed by atoms with Crippen molar-refractivity contribution >= 4 is 22.9 Å². The lowest BCUT2D eigenvalue weighted by Gasteiger charge is -2.14. The van der Waals surface area contributed by atoms with Crippen LogP contribution in [0.15, 0.2) is 36.5 Å². The van der Waals surface area contributed by atoms with Crippen molar-refractivity contribution in [1.82, 2.24) is 29.3 Å². The van der Waals surface area contributed by atoms with Crippen LogP contribution in [0.5, 0.6) is 0 Å². The number of aromatic nitrogens is 5. The molecule has 0 spiro atoms. The van der Waals surface area contributed by atoms with Crippen molar-refractivity contribution in [2.24, 2.45) is 7.05 Å². The van der Waals surface area contributed by atoms with E-state index in [1.54, 1.807) is 37.1 Å². The van der Waals surface area contributed by atoms with Gasteiger partial charge in [-0.1, -0.05) is 6.92 Å². The van der Waals surface area contributed by atoms with Crippen LogP contribution in [-0.4, -0.2) is 42.2 Å². The summed E-state index contributed by atoms with van der Waals surface area (Å²) in [4.78, 5) is 20.2. The molecule has 162 valence electrons. The van der Waals surface area contributed by atoms with Crippen molar-refractivity contribution in [3.8, 4) is 10.6 Å². The van der Waals surface area contributed by atoms with E-state index in [0.717, 1.165) is 17.4 Å². The summed E-state index contributed by atoms with van der Waals surface area (Å²) >= 11 is 1.39. The van der Waals surface area contributed by atoms with E-state index in [-0.39, 0.29) is 23.6 Å². The zero-order valence-electron chi connectivity index (χ0n) is 17.0. The first kappa shape index (κ1) is 21.0. The predicted octanol–water partition coefficient (Wildman–Crippen LogP) is 4.04. The van der Waals surface area contributed by atoms with Crippen molar-refractivity contribution in [3.05, 3.63) is 58.5 Å². The van der Waals surface area contributed by atoms with E-state index in [0.29, 0.717) is 15.1 Å². The van der Waals surface area contributed by atoms with Gasteiger partial charge in [0, 0.05) is 31.2 Å². The van der Waals surface area contributed by atoms with Crippen LogP contribution in [0.3, 0.4) is 0 Å². The molecule has 0 N–H and O–H groups in total. The van der Waals surface area contributed by atoms with Crippen LogP contribution >= 0.6 is 11.3 Å². The zero-order chi connectivity index (χ0) is 22.3. The third-order valence-corrected chi connectivity index (χ3v) is 5.97. The Balaban J connectivity index is 1.73. The Morgan fingerprint density at radius 3 is 2.58 bits per heavy atom. The maximum atomic E-state index is 13.8. The second kappa shape index (κ2) is 7.80.